The molecule has 0 amide bonds. The number of hydrogen-bond acceptors (Lipinski definition) is 2. The van der Waals surface area contributed by atoms with Crippen LogP contribution in [-0.4, -0.2) is 32.1 Å². The van der Waals surface area contributed by atoms with Crippen molar-refractivity contribution in [2.75, 3.05) is 27.2 Å². The number of hydrogen-bond donors (Lipinski definition) is 0. The lowest BCUT2D eigenvalue weighted by atomic mass is 9.79. The van der Waals surface area contributed by atoms with Crippen molar-refractivity contribution >= 4 is 24.0 Å². The molecule has 114 valence electrons. The van der Waals surface area contributed by atoms with Gasteiger partial charge in [0.05, 0.1) is 12.2 Å². The zero-order valence-electron chi connectivity index (χ0n) is 12.4. The van der Waals surface area contributed by atoms with Crippen LogP contribution in [0, 0.1) is 0 Å². The average Bonchev–Trinajstić information content (AvgIpc) is 2.40. The third-order valence-electron chi connectivity index (χ3n) is 3.95. The first-order valence-corrected chi connectivity index (χ1v) is 7.55. The summed E-state index contributed by atoms with van der Waals surface area (Å²) in [7, 11) is 4.17. The van der Waals surface area contributed by atoms with Crippen LogP contribution in [0.5, 0.6) is 0 Å². The minimum atomic E-state index is -0.0845. The second kappa shape index (κ2) is 8.23. The number of halogens is 2. The van der Waals surface area contributed by atoms with E-state index < -0.39 is 0 Å². The van der Waals surface area contributed by atoms with Gasteiger partial charge in [0, 0.05) is 11.6 Å². The number of rotatable bonds is 5. The second-order valence-corrected chi connectivity index (χ2v) is 6.15. The molecule has 0 N–H and O–H groups in total. The zero-order chi connectivity index (χ0) is 13.7. The normalized spacial score (nSPS) is 17.8. The van der Waals surface area contributed by atoms with Gasteiger partial charge in [0.15, 0.2) is 0 Å². The molecule has 0 radical (unpaired) electrons. The van der Waals surface area contributed by atoms with Gasteiger partial charge in [0.1, 0.15) is 0 Å². The minimum absolute atomic E-state index is 0. The Morgan fingerprint density at radius 3 is 2.25 bits per heavy atom. The largest absolute Gasteiger partial charge is 0.369 e. The van der Waals surface area contributed by atoms with Crippen molar-refractivity contribution in [3.8, 4) is 0 Å². The van der Waals surface area contributed by atoms with Crippen LogP contribution in [0.4, 0.5) is 0 Å². The number of benzene rings is 1. The first-order valence-electron chi connectivity index (χ1n) is 7.17. The molecule has 0 heterocycles. The standard InChI is InChI=1S/C16H24ClNO.ClH/c1-18(2)12-13-19-16(10-4-3-5-11-16)14-6-8-15(17)9-7-14;/h6-9H,3-5,10-13H2,1-2H3;1H. The molecule has 0 bridgehead atoms. The van der Waals surface area contributed by atoms with Crippen LogP contribution in [0.2, 0.25) is 5.02 Å². The van der Waals surface area contributed by atoms with Crippen molar-refractivity contribution in [2.45, 2.75) is 37.7 Å². The first kappa shape index (κ1) is 17.8. The third-order valence-corrected chi connectivity index (χ3v) is 4.20. The molecule has 0 atom stereocenters. The summed E-state index contributed by atoms with van der Waals surface area (Å²) in [5.74, 6) is 0. The molecule has 1 fully saturated rings. The van der Waals surface area contributed by atoms with Crippen molar-refractivity contribution < 1.29 is 4.74 Å². The molecule has 1 aromatic carbocycles. The Morgan fingerprint density at radius 1 is 1.10 bits per heavy atom. The molecule has 0 unspecified atom stereocenters. The predicted octanol–water partition coefficient (Wildman–Crippen LogP) is 4.50. The van der Waals surface area contributed by atoms with Gasteiger partial charge in [-0.15, -0.1) is 12.4 Å². The van der Waals surface area contributed by atoms with Gasteiger partial charge < -0.3 is 9.64 Å². The van der Waals surface area contributed by atoms with Crippen LogP contribution in [-0.2, 0) is 10.3 Å². The summed E-state index contributed by atoms with van der Waals surface area (Å²) >= 11 is 5.99. The smallest absolute Gasteiger partial charge is 0.0932 e. The quantitative estimate of drug-likeness (QED) is 0.792. The Bertz CT molecular complexity index is 386. The van der Waals surface area contributed by atoms with E-state index in [1.165, 1.54) is 24.8 Å². The van der Waals surface area contributed by atoms with Crippen LogP contribution < -0.4 is 0 Å². The number of ether oxygens (including phenoxy) is 1. The molecule has 1 saturated carbocycles. The Morgan fingerprint density at radius 2 is 1.70 bits per heavy atom. The van der Waals surface area contributed by atoms with Gasteiger partial charge in [-0.2, -0.15) is 0 Å². The molecule has 1 aliphatic rings. The maximum Gasteiger partial charge on any atom is 0.0932 e. The highest BCUT2D eigenvalue weighted by molar-refractivity contribution is 6.30. The van der Waals surface area contributed by atoms with Crippen molar-refractivity contribution in [3.63, 3.8) is 0 Å². The highest BCUT2D eigenvalue weighted by Gasteiger charge is 2.34. The fraction of sp³-hybridized carbons (Fsp3) is 0.625. The highest BCUT2D eigenvalue weighted by Crippen LogP contribution is 2.40. The van der Waals surface area contributed by atoms with E-state index in [0.717, 1.165) is 31.0 Å². The van der Waals surface area contributed by atoms with Crippen molar-refractivity contribution in [3.05, 3.63) is 34.9 Å². The molecule has 4 heteroatoms. The summed E-state index contributed by atoms with van der Waals surface area (Å²) < 4.78 is 6.32. The van der Waals surface area contributed by atoms with E-state index >= 15 is 0 Å². The lowest BCUT2D eigenvalue weighted by Crippen LogP contribution is -2.34. The first-order chi connectivity index (χ1) is 9.12. The molecule has 1 aliphatic carbocycles. The molecular weight excluding hydrogens is 293 g/mol. The van der Waals surface area contributed by atoms with Gasteiger partial charge in [-0.1, -0.05) is 43.0 Å². The fourth-order valence-electron chi connectivity index (χ4n) is 2.82. The third kappa shape index (κ3) is 4.63. The van der Waals surface area contributed by atoms with Gasteiger partial charge in [-0.25, -0.2) is 0 Å². The van der Waals surface area contributed by atoms with E-state index in [9.17, 15) is 0 Å². The predicted molar refractivity (Wildman–Crippen MR) is 88.0 cm³/mol. The molecule has 0 saturated heterocycles. The van der Waals surface area contributed by atoms with Crippen LogP contribution in [0.3, 0.4) is 0 Å². The van der Waals surface area contributed by atoms with E-state index in [-0.39, 0.29) is 18.0 Å². The summed E-state index contributed by atoms with van der Waals surface area (Å²) in [4.78, 5) is 2.17. The summed E-state index contributed by atoms with van der Waals surface area (Å²) in [6, 6.07) is 8.21. The highest BCUT2D eigenvalue weighted by atomic mass is 35.5. The fourth-order valence-corrected chi connectivity index (χ4v) is 2.94. The van der Waals surface area contributed by atoms with Gasteiger partial charge in [-0.05, 0) is 44.6 Å². The second-order valence-electron chi connectivity index (χ2n) is 5.71. The molecule has 0 spiro atoms. The topological polar surface area (TPSA) is 12.5 Å². The van der Waals surface area contributed by atoms with E-state index in [0.29, 0.717) is 0 Å². The average molecular weight is 318 g/mol. The zero-order valence-corrected chi connectivity index (χ0v) is 14.0. The van der Waals surface area contributed by atoms with Crippen LogP contribution >= 0.6 is 24.0 Å². The lowest BCUT2D eigenvalue weighted by Gasteiger charge is -2.38. The number of nitrogens with zero attached hydrogens (tertiary/aromatic N) is 1. The van der Waals surface area contributed by atoms with Crippen LogP contribution in [0.15, 0.2) is 24.3 Å². The molecule has 1 aromatic rings. The Hall–Kier alpha value is -0.280. The van der Waals surface area contributed by atoms with Crippen molar-refractivity contribution in [2.24, 2.45) is 0 Å². The van der Waals surface area contributed by atoms with E-state index in [1.807, 2.05) is 12.1 Å². The van der Waals surface area contributed by atoms with E-state index in [4.69, 9.17) is 16.3 Å². The Labute approximate surface area is 133 Å². The molecule has 0 aromatic heterocycles. The SMILES string of the molecule is CN(C)CCOC1(c2ccc(Cl)cc2)CCCCC1.Cl. The summed E-state index contributed by atoms with van der Waals surface area (Å²) in [6.07, 6.45) is 6.09. The molecule has 0 aliphatic heterocycles. The van der Waals surface area contributed by atoms with E-state index in [1.54, 1.807) is 0 Å². The molecular formula is C16H25Cl2NO. The number of likely N-dealkylation sites (N-methyl/N-ethyl adjacent to an activating group) is 1. The summed E-state index contributed by atoms with van der Waals surface area (Å²) in [5.41, 5.74) is 1.20. The molecule has 2 nitrogen and oxygen atoms in total. The molecule has 2 rings (SSSR count). The van der Waals surface area contributed by atoms with Crippen molar-refractivity contribution in [1.29, 1.82) is 0 Å². The molecule has 20 heavy (non-hydrogen) atoms. The van der Waals surface area contributed by atoms with Gasteiger partial charge >= 0.3 is 0 Å². The maximum atomic E-state index is 6.32. The maximum absolute atomic E-state index is 6.32. The van der Waals surface area contributed by atoms with E-state index in [2.05, 4.69) is 31.1 Å². The van der Waals surface area contributed by atoms with Gasteiger partial charge in [0.2, 0.25) is 0 Å². The Balaban J connectivity index is 0.00000200. The monoisotopic (exact) mass is 317 g/mol. The van der Waals surface area contributed by atoms with Crippen LogP contribution in [0.25, 0.3) is 0 Å². The van der Waals surface area contributed by atoms with Gasteiger partial charge in [0.25, 0.3) is 0 Å². The lowest BCUT2D eigenvalue weighted by molar-refractivity contribution is -0.0792. The summed E-state index contributed by atoms with van der Waals surface area (Å²) in [6.45, 7) is 1.75. The van der Waals surface area contributed by atoms with Gasteiger partial charge in [-0.3, -0.25) is 0 Å². The summed E-state index contributed by atoms with van der Waals surface area (Å²) in [5, 5.41) is 0.794. The van der Waals surface area contributed by atoms with Crippen LogP contribution in [0.1, 0.15) is 37.7 Å². The van der Waals surface area contributed by atoms with Crippen molar-refractivity contribution in [1.82, 2.24) is 4.90 Å². The minimum Gasteiger partial charge on any atom is -0.369 e. The Kier molecular flexibility index (Phi) is 7.32.